The fourth-order valence-electron chi connectivity index (χ4n) is 4.79. The zero-order valence-electron chi connectivity index (χ0n) is 18.2. The molecule has 0 unspecified atom stereocenters. The lowest BCUT2D eigenvalue weighted by Crippen LogP contribution is -2.58. The van der Waals surface area contributed by atoms with E-state index in [1.807, 2.05) is 42.5 Å². The van der Waals surface area contributed by atoms with Crippen LogP contribution < -0.4 is 5.32 Å². The highest BCUT2D eigenvalue weighted by Gasteiger charge is 2.48. The van der Waals surface area contributed by atoms with E-state index in [-0.39, 0.29) is 30.2 Å². The van der Waals surface area contributed by atoms with Gasteiger partial charge in [0.25, 0.3) is 0 Å². The number of carbonyl (C=O) groups is 2. The molecule has 3 N–H and O–H groups in total. The van der Waals surface area contributed by atoms with E-state index in [1.54, 1.807) is 19.9 Å². The Labute approximate surface area is 198 Å². The summed E-state index contributed by atoms with van der Waals surface area (Å²) in [7, 11) is 0. The first-order valence-corrected chi connectivity index (χ1v) is 11.6. The van der Waals surface area contributed by atoms with Crippen molar-refractivity contribution in [3.63, 3.8) is 0 Å². The Morgan fingerprint density at radius 1 is 1.19 bits per heavy atom. The molecule has 1 aliphatic heterocycles. The van der Waals surface area contributed by atoms with Crippen molar-refractivity contribution < 1.29 is 19.8 Å². The maximum absolute atomic E-state index is 13.0. The van der Waals surface area contributed by atoms with E-state index in [9.17, 15) is 19.8 Å². The number of aliphatic hydroxyl groups excluding tert-OH is 1. The molecule has 5 atom stereocenters. The van der Waals surface area contributed by atoms with Crippen LogP contribution in [0.2, 0.25) is 10.0 Å². The number of halogens is 2. The maximum Gasteiger partial charge on any atom is 0.304 e. The first-order chi connectivity index (χ1) is 15.1. The quantitative estimate of drug-likeness (QED) is 0.494. The van der Waals surface area contributed by atoms with Crippen LogP contribution in [0.15, 0.2) is 48.5 Å². The minimum atomic E-state index is -1.05. The number of aryl methyl sites for hydroxylation is 1. The third kappa shape index (κ3) is 5.83. The number of carboxylic acids is 1. The van der Waals surface area contributed by atoms with Crippen molar-refractivity contribution in [1.29, 1.82) is 0 Å². The number of hydrogen-bond acceptors (Lipinski definition) is 3. The zero-order chi connectivity index (χ0) is 23.5. The minimum Gasteiger partial charge on any atom is -0.481 e. The third-order valence-corrected chi connectivity index (χ3v) is 7.02. The Morgan fingerprint density at radius 2 is 1.88 bits per heavy atom. The number of rotatable bonds is 8. The molecule has 0 bridgehead atoms. The van der Waals surface area contributed by atoms with Gasteiger partial charge in [-0.2, -0.15) is 0 Å². The van der Waals surface area contributed by atoms with Crippen LogP contribution in [0.4, 0.5) is 0 Å². The van der Waals surface area contributed by atoms with Crippen molar-refractivity contribution in [2.24, 2.45) is 11.3 Å². The lowest BCUT2D eigenvalue weighted by molar-refractivity contribution is -0.148. The van der Waals surface area contributed by atoms with Gasteiger partial charge in [-0.25, -0.2) is 0 Å². The second kappa shape index (κ2) is 10.2. The molecule has 1 amide bonds. The van der Waals surface area contributed by atoms with E-state index < -0.39 is 17.5 Å². The Balaban J connectivity index is 1.92. The summed E-state index contributed by atoms with van der Waals surface area (Å²) in [6, 6.07) is 14.7. The molecule has 0 aromatic heterocycles. The standard InChI is InChI=1S/C25H29Cl2NO4/c1-15(29)20(11-8-16-6-9-18(26)10-7-16)23-21(17-4-3-5-19(27)12-17)13-25(2,14-22(30)31)24(32)28-23/h3-7,9-10,12,15,20-21,23,29H,8,11,13-14H2,1-2H3,(H,28,32)(H,30,31)/t15-,20+,21-,23-,25+/m1/s1. The van der Waals surface area contributed by atoms with E-state index in [0.29, 0.717) is 29.3 Å². The zero-order valence-corrected chi connectivity index (χ0v) is 19.7. The number of aliphatic carboxylic acids is 1. The molecule has 32 heavy (non-hydrogen) atoms. The van der Waals surface area contributed by atoms with Gasteiger partial charge in [0, 0.05) is 27.9 Å². The Morgan fingerprint density at radius 3 is 2.47 bits per heavy atom. The van der Waals surface area contributed by atoms with Crippen molar-refractivity contribution in [2.45, 2.75) is 57.6 Å². The molecule has 172 valence electrons. The highest BCUT2D eigenvalue weighted by Crippen LogP contribution is 2.44. The molecule has 0 radical (unpaired) electrons. The van der Waals surface area contributed by atoms with Crippen LogP contribution in [0.25, 0.3) is 0 Å². The monoisotopic (exact) mass is 477 g/mol. The third-order valence-electron chi connectivity index (χ3n) is 6.53. The highest BCUT2D eigenvalue weighted by molar-refractivity contribution is 6.30. The van der Waals surface area contributed by atoms with E-state index in [4.69, 9.17) is 23.2 Å². The largest absolute Gasteiger partial charge is 0.481 e. The summed E-state index contributed by atoms with van der Waals surface area (Å²) in [5, 5.41) is 24.4. The smallest absolute Gasteiger partial charge is 0.304 e. The van der Waals surface area contributed by atoms with Crippen molar-refractivity contribution >= 4 is 35.1 Å². The average Bonchev–Trinajstić information content (AvgIpc) is 2.71. The van der Waals surface area contributed by atoms with Crippen LogP contribution in [0, 0.1) is 11.3 Å². The van der Waals surface area contributed by atoms with Gasteiger partial charge in [0.15, 0.2) is 0 Å². The van der Waals surface area contributed by atoms with E-state index >= 15 is 0 Å². The normalized spacial score (nSPS) is 25.1. The molecular weight excluding hydrogens is 449 g/mol. The lowest BCUT2D eigenvalue weighted by atomic mass is 9.66. The number of benzene rings is 2. The van der Waals surface area contributed by atoms with Crippen molar-refractivity contribution in [3.05, 3.63) is 69.7 Å². The van der Waals surface area contributed by atoms with Gasteiger partial charge in [-0.05, 0) is 61.6 Å². The number of carboxylic acid groups (broad SMARTS) is 1. The van der Waals surface area contributed by atoms with Crippen molar-refractivity contribution in [3.8, 4) is 0 Å². The molecule has 5 nitrogen and oxygen atoms in total. The van der Waals surface area contributed by atoms with Crippen LogP contribution in [-0.4, -0.2) is 34.2 Å². The molecule has 0 saturated carbocycles. The highest BCUT2D eigenvalue weighted by atomic mass is 35.5. The molecular formula is C25H29Cl2NO4. The van der Waals surface area contributed by atoms with Crippen LogP contribution in [-0.2, 0) is 16.0 Å². The first-order valence-electron chi connectivity index (χ1n) is 10.8. The van der Waals surface area contributed by atoms with Gasteiger partial charge in [0.1, 0.15) is 0 Å². The summed E-state index contributed by atoms with van der Waals surface area (Å²) in [5.74, 6) is -1.71. The second-order valence-corrected chi connectivity index (χ2v) is 9.94. The summed E-state index contributed by atoms with van der Waals surface area (Å²) >= 11 is 12.2. The number of aliphatic hydroxyl groups is 1. The van der Waals surface area contributed by atoms with Gasteiger partial charge in [0.05, 0.1) is 17.9 Å². The number of carbonyl (C=O) groups excluding carboxylic acids is 1. The molecule has 0 aliphatic carbocycles. The molecule has 2 aromatic rings. The summed E-state index contributed by atoms with van der Waals surface area (Å²) < 4.78 is 0. The minimum absolute atomic E-state index is 0.180. The summed E-state index contributed by atoms with van der Waals surface area (Å²) in [4.78, 5) is 24.5. The fourth-order valence-corrected chi connectivity index (χ4v) is 5.12. The SMILES string of the molecule is C[C@@H](O)[C@H](CCc1ccc(Cl)cc1)[C@H]1NC(=O)[C@](C)(CC(=O)O)C[C@@H]1c1cccc(Cl)c1. The Bertz CT molecular complexity index is 963. The lowest BCUT2D eigenvalue weighted by Gasteiger charge is -2.46. The van der Waals surface area contributed by atoms with E-state index in [1.165, 1.54) is 0 Å². The van der Waals surface area contributed by atoms with Crippen LogP contribution >= 0.6 is 23.2 Å². The van der Waals surface area contributed by atoms with E-state index in [0.717, 1.165) is 11.1 Å². The molecule has 0 spiro atoms. The summed E-state index contributed by atoms with van der Waals surface area (Å²) in [6.45, 7) is 3.42. The Kier molecular flexibility index (Phi) is 7.86. The summed E-state index contributed by atoms with van der Waals surface area (Å²) in [6.07, 6.45) is 0.802. The number of hydrogen-bond donors (Lipinski definition) is 3. The van der Waals surface area contributed by atoms with Crippen LogP contribution in [0.3, 0.4) is 0 Å². The molecule has 7 heteroatoms. The van der Waals surface area contributed by atoms with Gasteiger partial charge in [-0.3, -0.25) is 9.59 Å². The van der Waals surface area contributed by atoms with Crippen molar-refractivity contribution in [1.82, 2.24) is 5.32 Å². The number of nitrogens with one attached hydrogen (secondary N) is 1. The molecule has 1 heterocycles. The Hall–Kier alpha value is -2.08. The van der Waals surface area contributed by atoms with Gasteiger partial charge >= 0.3 is 5.97 Å². The van der Waals surface area contributed by atoms with Crippen molar-refractivity contribution in [2.75, 3.05) is 0 Å². The summed E-state index contributed by atoms with van der Waals surface area (Å²) in [5.41, 5.74) is 0.975. The van der Waals surface area contributed by atoms with Gasteiger partial charge in [0.2, 0.25) is 5.91 Å². The molecule has 1 saturated heterocycles. The molecule has 3 rings (SSSR count). The van der Waals surface area contributed by atoms with Crippen LogP contribution in [0.5, 0.6) is 0 Å². The average molecular weight is 478 g/mol. The predicted molar refractivity (Wildman–Crippen MR) is 126 cm³/mol. The first kappa shape index (κ1) is 24.6. The molecule has 1 aliphatic rings. The van der Waals surface area contributed by atoms with E-state index in [2.05, 4.69) is 5.32 Å². The topological polar surface area (TPSA) is 86.6 Å². The molecule has 1 fully saturated rings. The number of amides is 1. The number of piperidine rings is 1. The van der Waals surface area contributed by atoms with Gasteiger partial charge < -0.3 is 15.5 Å². The second-order valence-electron chi connectivity index (χ2n) is 9.07. The van der Waals surface area contributed by atoms with Gasteiger partial charge in [-0.15, -0.1) is 0 Å². The van der Waals surface area contributed by atoms with Gasteiger partial charge in [-0.1, -0.05) is 54.4 Å². The van der Waals surface area contributed by atoms with Crippen LogP contribution in [0.1, 0.15) is 50.2 Å². The maximum atomic E-state index is 13.0. The molecule has 2 aromatic carbocycles. The predicted octanol–water partition coefficient (Wildman–Crippen LogP) is 5.08. The fraction of sp³-hybridized carbons (Fsp3) is 0.440.